The van der Waals surface area contributed by atoms with Crippen molar-refractivity contribution in [3.63, 3.8) is 0 Å². The average molecular weight is 314 g/mol. The summed E-state index contributed by atoms with van der Waals surface area (Å²) >= 11 is 2.76. The van der Waals surface area contributed by atoms with Crippen LogP contribution >= 0.6 is 15.9 Å². The molecule has 0 aliphatic heterocycles. The zero-order valence-corrected chi connectivity index (χ0v) is 10.3. The molecule has 0 unspecified atom stereocenters. The molecular formula is C8H6BrF2NO3S. The van der Waals surface area contributed by atoms with Crippen LogP contribution in [0.3, 0.4) is 0 Å². The second-order valence-electron chi connectivity index (χ2n) is 2.95. The van der Waals surface area contributed by atoms with Gasteiger partial charge in [-0.1, -0.05) is 0 Å². The Morgan fingerprint density at radius 2 is 1.88 bits per heavy atom. The van der Waals surface area contributed by atoms with E-state index in [-0.39, 0.29) is 4.47 Å². The number of hydrogen-bond acceptors (Lipinski definition) is 3. The van der Waals surface area contributed by atoms with Crippen LogP contribution in [0.1, 0.15) is 10.4 Å². The van der Waals surface area contributed by atoms with Crippen LogP contribution in [-0.2, 0) is 10.0 Å². The van der Waals surface area contributed by atoms with Gasteiger partial charge in [0.05, 0.1) is 16.3 Å². The molecule has 1 amide bonds. The number of halogens is 3. The van der Waals surface area contributed by atoms with Crippen molar-refractivity contribution in [2.24, 2.45) is 0 Å². The van der Waals surface area contributed by atoms with Crippen LogP contribution in [0.2, 0.25) is 0 Å². The molecule has 0 bridgehead atoms. The van der Waals surface area contributed by atoms with Gasteiger partial charge in [0.15, 0.2) is 0 Å². The molecule has 16 heavy (non-hydrogen) atoms. The number of nitrogens with one attached hydrogen (secondary N) is 1. The van der Waals surface area contributed by atoms with E-state index in [0.717, 1.165) is 12.3 Å². The third-order valence-corrected chi connectivity index (χ3v) is 2.70. The number of benzene rings is 1. The maximum atomic E-state index is 13.1. The molecule has 1 aromatic carbocycles. The van der Waals surface area contributed by atoms with E-state index >= 15 is 0 Å². The van der Waals surface area contributed by atoms with Crippen molar-refractivity contribution in [1.82, 2.24) is 4.72 Å². The zero-order valence-electron chi connectivity index (χ0n) is 7.92. The Morgan fingerprint density at radius 1 is 1.31 bits per heavy atom. The maximum absolute atomic E-state index is 13.1. The lowest BCUT2D eigenvalue weighted by molar-refractivity contribution is 0.0977. The summed E-state index contributed by atoms with van der Waals surface area (Å²) in [4.78, 5) is 11.3. The van der Waals surface area contributed by atoms with E-state index in [0.29, 0.717) is 6.07 Å². The topological polar surface area (TPSA) is 63.2 Å². The molecule has 0 aromatic heterocycles. The Hall–Kier alpha value is -1.02. The molecule has 0 aliphatic rings. The summed E-state index contributed by atoms with van der Waals surface area (Å²) in [6.45, 7) is 0. The molecule has 0 saturated carbocycles. The SMILES string of the molecule is CS(=O)(=O)NC(=O)c1cc(Br)c(F)cc1F. The Kier molecular flexibility index (Phi) is 3.64. The van der Waals surface area contributed by atoms with E-state index in [1.165, 1.54) is 0 Å². The van der Waals surface area contributed by atoms with E-state index in [1.807, 2.05) is 0 Å². The monoisotopic (exact) mass is 313 g/mol. The molecule has 0 fully saturated rings. The van der Waals surface area contributed by atoms with Gasteiger partial charge in [0.1, 0.15) is 11.6 Å². The minimum absolute atomic E-state index is 0.132. The molecule has 88 valence electrons. The number of sulfonamides is 1. The minimum atomic E-state index is -3.79. The lowest BCUT2D eigenvalue weighted by Crippen LogP contribution is -2.30. The molecule has 1 N–H and O–H groups in total. The molecule has 0 heterocycles. The van der Waals surface area contributed by atoms with Crippen LogP contribution in [0.4, 0.5) is 8.78 Å². The van der Waals surface area contributed by atoms with Crippen molar-refractivity contribution >= 4 is 31.9 Å². The molecule has 1 rings (SSSR count). The van der Waals surface area contributed by atoms with Crippen LogP contribution in [-0.4, -0.2) is 20.6 Å². The van der Waals surface area contributed by atoms with Gasteiger partial charge in [0, 0.05) is 6.07 Å². The molecule has 0 spiro atoms. The summed E-state index contributed by atoms with van der Waals surface area (Å²) < 4.78 is 48.9. The summed E-state index contributed by atoms with van der Waals surface area (Å²) in [6, 6.07) is 1.35. The Labute approximate surface area is 98.8 Å². The molecule has 0 saturated heterocycles. The largest absolute Gasteiger partial charge is 0.268 e. The quantitative estimate of drug-likeness (QED) is 0.840. The van der Waals surface area contributed by atoms with Crippen molar-refractivity contribution in [2.75, 3.05) is 6.26 Å². The highest BCUT2D eigenvalue weighted by Crippen LogP contribution is 2.19. The molecule has 0 atom stereocenters. The third-order valence-electron chi connectivity index (χ3n) is 1.53. The van der Waals surface area contributed by atoms with E-state index in [2.05, 4.69) is 15.9 Å². The number of carbonyl (C=O) groups excluding carboxylic acids is 1. The summed E-state index contributed by atoms with van der Waals surface area (Å²) in [7, 11) is -3.79. The van der Waals surface area contributed by atoms with E-state index in [9.17, 15) is 22.0 Å². The lowest BCUT2D eigenvalue weighted by atomic mass is 10.2. The summed E-state index contributed by atoms with van der Waals surface area (Å²) in [5.74, 6) is -3.17. The van der Waals surface area contributed by atoms with Gasteiger partial charge in [-0.2, -0.15) is 0 Å². The van der Waals surface area contributed by atoms with Crippen molar-refractivity contribution in [1.29, 1.82) is 0 Å². The van der Waals surface area contributed by atoms with Gasteiger partial charge in [0.25, 0.3) is 5.91 Å². The van der Waals surface area contributed by atoms with Crippen molar-refractivity contribution in [3.8, 4) is 0 Å². The van der Waals surface area contributed by atoms with Crippen molar-refractivity contribution in [3.05, 3.63) is 33.8 Å². The van der Waals surface area contributed by atoms with Crippen LogP contribution in [0.25, 0.3) is 0 Å². The molecule has 4 nitrogen and oxygen atoms in total. The second kappa shape index (κ2) is 4.46. The van der Waals surface area contributed by atoms with Crippen LogP contribution in [0, 0.1) is 11.6 Å². The summed E-state index contributed by atoms with van der Waals surface area (Å²) in [5.41, 5.74) is -0.557. The van der Waals surface area contributed by atoms with E-state index in [1.54, 1.807) is 4.72 Å². The molecule has 0 radical (unpaired) electrons. The zero-order chi connectivity index (χ0) is 12.5. The van der Waals surface area contributed by atoms with Gasteiger partial charge in [-0.05, 0) is 22.0 Å². The highest BCUT2D eigenvalue weighted by atomic mass is 79.9. The fraction of sp³-hybridized carbons (Fsp3) is 0.125. The summed E-state index contributed by atoms with van der Waals surface area (Å²) in [6.07, 6.45) is 0.751. The number of hydrogen-bond donors (Lipinski definition) is 1. The van der Waals surface area contributed by atoms with E-state index < -0.39 is 33.1 Å². The van der Waals surface area contributed by atoms with Crippen LogP contribution < -0.4 is 4.72 Å². The fourth-order valence-corrected chi connectivity index (χ4v) is 1.71. The van der Waals surface area contributed by atoms with Gasteiger partial charge in [0.2, 0.25) is 10.0 Å². The van der Waals surface area contributed by atoms with Gasteiger partial charge in [-0.15, -0.1) is 0 Å². The van der Waals surface area contributed by atoms with E-state index in [4.69, 9.17) is 0 Å². The Bertz CT molecular complexity index is 544. The smallest absolute Gasteiger partial charge is 0.267 e. The predicted molar refractivity (Wildman–Crippen MR) is 56.4 cm³/mol. The second-order valence-corrected chi connectivity index (χ2v) is 5.55. The van der Waals surface area contributed by atoms with Gasteiger partial charge >= 0.3 is 0 Å². The maximum Gasteiger partial charge on any atom is 0.267 e. The minimum Gasteiger partial charge on any atom is -0.268 e. The highest BCUT2D eigenvalue weighted by Gasteiger charge is 2.17. The van der Waals surface area contributed by atoms with Gasteiger partial charge in [-0.25, -0.2) is 21.9 Å². The van der Waals surface area contributed by atoms with Crippen LogP contribution in [0.15, 0.2) is 16.6 Å². The van der Waals surface area contributed by atoms with Crippen molar-refractivity contribution in [2.45, 2.75) is 0 Å². The first kappa shape index (κ1) is 13.0. The molecule has 8 heteroatoms. The highest BCUT2D eigenvalue weighted by molar-refractivity contribution is 9.10. The third kappa shape index (κ3) is 3.24. The van der Waals surface area contributed by atoms with Gasteiger partial charge in [-0.3, -0.25) is 4.79 Å². The fourth-order valence-electron chi connectivity index (χ4n) is 0.920. The molecule has 0 aliphatic carbocycles. The Balaban J connectivity index is 3.15. The summed E-state index contributed by atoms with van der Waals surface area (Å²) in [5, 5.41) is 0. The Morgan fingerprint density at radius 3 is 2.38 bits per heavy atom. The average Bonchev–Trinajstić information content (AvgIpc) is 2.08. The first-order chi connectivity index (χ1) is 7.20. The van der Waals surface area contributed by atoms with Crippen LogP contribution in [0.5, 0.6) is 0 Å². The molecule has 1 aromatic rings. The first-order valence-corrected chi connectivity index (χ1v) is 6.56. The number of rotatable bonds is 2. The molecular weight excluding hydrogens is 308 g/mol. The number of amides is 1. The van der Waals surface area contributed by atoms with Gasteiger partial charge < -0.3 is 0 Å². The number of carbonyl (C=O) groups is 1. The van der Waals surface area contributed by atoms with Crippen molar-refractivity contribution < 1.29 is 22.0 Å². The normalized spacial score (nSPS) is 11.2. The standard InChI is InChI=1S/C8H6BrF2NO3S/c1-16(14,15)12-8(13)4-2-5(9)7(11)3-6(4)10/h2-3H,1H3,(H,12,13). The first-order valence-electron chi connectivity index (χ1n) is 3.87. The lowest BCUT2D eigenvalue weighted by Gasteiger charge is -2.05. The predicted octanol–water partition coefficient (Wildman–Crippen LogP) is 1.42.